The molecule has 0 saturated carbocycles. The Balaban J connectivity index is 1.93. The van der Waals surface area contributed by atoms with Crippen molar-refractivity contribution in [3.8, 4) is 5.75 Å². The number of sulfone groups is 1. The van der Waals surface area contributed by atoms with Crippen LogP contribution in [0.4, 0.5) is 0 Å². The Hall–Kier alpha value is -1.46. The molecule has 20 heavy (non-hydrogen) atoms. The molecule has 0 amide bonds. The second-order valence-electron chi connectivity index (χ2n) is 4.60. The number of hydrogen-bond acceptors (Lipinski definition) is 4. The molecule has 1 atom stereocenters. The Morgan fingerprint density at radius 2 is 1.95 bits per heavy atom. The standard InChI is InChI=1S/C15H14O3S2/c1-18-11-5-4-6-12(9-11)19-14-10-20(16,17)15-8-3-2-7-13(14)15/h2-9,14H,10H2,1H3. The molecule has 3 nitrogen and oxygen atoms in total. The molecule has 2 aromatic carbocycles. The van der Waals surface area contributed by atoms with Crippen molar-refractivity contribution >= 4 is 21.6 Å². The lowest BCUT2D eigenvalue weighted by Crippen LogP contribution is -2.00. The van der Waals surface area contributed by atoms with Crippen LogP contribution in [0.15, 0.2) is 58.3 Å². The third kappa shape index (κ3) is 2.43. The topological polar surface area (TPSA) is 43.4 Å². The van der Waals surface area contributed by atoms with Crippen molar-refractivity contribution in [2.45, 2.75) is 15.0 Å². The predicted octanol–water partition coefficient (Wildman–Crippen LogP) is 3.32. The number of benzene rings is 2. The summed E-state index contributed by atoms with van der Waals surface area (Å²) in [5, 5.41) is -0.0525. The van der Waals surface area contributed by atoms with Crippen molar-refractivity contribution in [3.05, 3.63) is 54.1 Å². The fraction of sp³-hybridized carbons (Fsp3) is 0.200. The first-order valence-corrected chi connectivity index (χ1v) is 8.76. The monoisotopic (exact) mass is 306 g/mol. The summed E-state index contributed by atoms with van der Waals surface area (Å²) < 4.78 is 29.5. The van der Waals surface area contributed by atoms with Gasteiger partial charge in [0.1, 0.15) is 5.75 Å². The van der Waals surface area contributed by atoms with Gasteiger partial charge in [-0.15, -0.1) is 11.8 Å². The average molecular weight is 306 g/mol. The van der Waals surface area contributed by atoms with E-state index in [1.165, 1.54) is 0 Å². The molecule has 0 spiro atoms. The summed E-state index contributed by atoms with van der Waals surface area (Å²) in [5.41, 5.74) is 0.903. The summed E-state index contributed by atoms with van der Waals surface area (Å²) in [6, 6.07) is 14.9. The summed E-state index contributed by atoms with van der Waals surface area (Å²) in [6.07, 6.45) is 0. The minimum Gasteiger partial charge on any atom is -0.497 e. The Bertz CT molecular complexity index is 738. The Morgan fingerprint density at radius 3 is 2.75 bits per heavy atom. The predicted molar refractivity (Wildman–Crippen MR) is 80.1 cm³/mol. The first kappa shape index (κ1) is 13.5. The van der Waals surface area contributed by atoms with Crippen LogP contribution in [0.3, 0.4) is 0 Å². The summed E-state index contributed by atoms with van der Waals surface area (Å²) in [5.74, 6) is 0.943. The number of thioether (sulfide) groups is 1. The van der Waals surface area contributed by atoms with Gasteiger partial charge in [0.2, 0.25) is 0 Å². The van der Waals surface area contributed by atoms with E-state index < -0.39 is 9.84 Å². The van der Waals surface area contributed by atoms with Gasteiger partial charge in [-0.2, -0.15) is 0 Å². The fourth-order valence-corrected chi connectivity index (χ4v) is 5.84. The highest BCUT2D eigenvalue weighted by atomic mass is 32.2. The van der Waals surface area contributed by atoms with E-state index in [4.69, 9.17) is 4.74 Å². The van der Waals surface area contributed by atoms with Crippen LogP contribution in [0, 0.1) is 0 Å². The van der Waals surface area contributed by atoms with Crippen LogP contribution in [-0.4, -0.2) is 21.3 Å². The van der Waals surface area contributed by atoms with E-state index in [9.17, 15) is 8.42 Å². The van der Waals surface area contributed by atoms with Gasteiger partial charge in [0.05, 0.1) is 23.0 Å². The molecule has 1 aliphatic heterocycles. The molecule has 104 valence electrons. The molecule has 0 aliphatic carbocycles. The van der Waals surface area contributed by atoms with Crippen molar-refractivity contribution in [1.82, 2.24) is 0 Å². The van der Waals surface area contributed by atoms with Gasteiger partial charge in [-0.05, 0) is 29.8 Å². The molecule has 0 fully saturated rings. The van der Waals surface area contributed by atoms with Gasteiger partial charge in [-0.3, -0.25) is 0 Å². The van der Waals surface area contributed by atoms with Crippen LogP contribution in [0.1, 0.15) is 10.8 Å². The van der Waals surface area contributed by atoms with Crippen LogP contribution in [0.5, 0.6) is 5.75 Å². The molecule has 0 saturated heterocycles. The molecule has 2 aromatic rings. The highest BCUT2D eigenvalue weighted by Crippen LogP contribution is 2.45. The van der Waals surface area contributed by atoms with Gasteiger partial charge < -0.3 is 4.74 Å². The Morgan fingerprint density at radius 1 is 1.15 bits per heavy atom. The van der Waals surface area contributed by atoms with E-state index in [-0.39, 0.29) is 11.0 Å². The molecule has 3 rings (SSSR count). The molecule has 5 heteroatoms. The second kappa shape index (κ2) is 5.14. The van der Waals surface area contributed by atoms with Gasteiger partial charge in [0.15, 0.2) is 9.84 Å². The van der Waals surface area contributed by atoms with Crippen molar-refractivity contribution in [2.24, 2.45) is 0 Å². The first-order chi connectivity index (χ1) is 9.60. The lowest BCUT2D eigenvalue weighted by Gasteiger charge is -2.10. The van der Waals surface area contributed by atoms with Gasteiger partial charge >= 0.3 is 0 Å². The zero-order valence-corrected chi connectivity index (χ0v) is 12.6. The molecule has 0 N–H and O–H groups in total. The van der Waals surface area contributed by atoms with Crippen LogP contribution < -0.4 is 4.74 Å². The number of fused-ring (bicyclic) bond motifs is 1. The number of ether oxygens (including phenoxy) is 1. The molecule has 0 radical (unpaired) electrons. The fourth-order valence-electron chi connectivity index (χ4n) is 2.34. The van der Waals surface area contributed by atoms with Gasteiger partial charge in [-0.25, -0.2) is 8.42 Å². The molecule has 1 aliphatic rings. The normalized spacial score (nSPS) is 19.6. The zero-order valence-electron chi connectivity index (χ0n) is 10.9. The molecular weight excluding hydrogens is 292 g/mol. The highest BCUT2D eigenvalue weighted by Gasteiger charge is 2.34. The first-order valence-electron chi connectivity index (χ1n) is 6.22. The maximum atomic E-state index is 12.1. The van der Waals surface area contributed by atoms with Gasteiger partial charge in [0, 0.05) is 4.90 Å². The van der Waals surface area contributed by atoms with E-state index in [0.29, 0.717) is 4.90 Å². The molecule has 0 bridgehead atoms. The smallest absolute Gasteiger partial charge is 0.180 e. The third-order valence-electron chi connectivity index (χ3n) is 3.29. The minimum atomic E-state index is -3.14. The quantitative estimate of drug-likeness (QED) is 0.872. The molecule has 0 aromatic heterocycles. The van der Waals surface area contributed by atoms with E-state index in [1.807, 2.05) is 36.4 Å². The highest BCUT2D eigenvalue weighted by molar-refractivity contribution is 8.01. The summed E-state index contributed by atoms with van der Waals surface area (Å²) in [7, 11) is -1.52. The van der Waals surface area contributed by atoms with E-state index in [1.54, 1.807) is 31.0 Å². The second-order valence-corrected chi connectivity index (χ2v) is 7.88. The number of methoxy groups -OCH3 is 1. The van der Waals surface area contributed by atoms with Crippen molar-refractivity contribution in [3.63, 3.8) is 0 Å². The SMILES string of the molecule is COc1cccc(SC2CS(=O)(=O)c3ccccc32)c1. The molecule has 1 unspecified atom stereocenters. The summed E-state index contributed by atoms with van der Waals surface area (Å²) >= 11 is 1.57. The van der Waals surface area contributed by atoms with Crippen molar-refractivity contribution in [1.29, 1.82) is 0 Å². The lowest BCUT2D eigenvalue weighted by molar-refractivity contribution is 0.413. The number of hydrogen-bond donors (Lipinski definition) is 0. The maximum absolute atomic E-state index is 12.1. The molecular formula is C15H14O3S2. The van der Waals surface area contributed by atoms with Crippen LogP contribution in [0.2, 0.25) is 0 Å². The average Bonchev–Trinajstić information content (AvgIpc) is 2.71. The van der Waals surface area contributed by atoms with E-state index >= 15 is 0 Å². The van der Waals surface area contributed by atoms with Crippen molar-refractivity contribution in [2.75, 3.05) is 12.9 Å². The van der Waals surface area contributed by atoms with Crippen molar-refractivity contribution < 1.29 is 13.2 Å². The lowest BCUT2D eigenvalue weighted by atomic mass is 10.2. The van der Waals surface area contributed by atoms with Crippen LogP contribution >= 0.6 is 11.8 Å². The van der Waals surface area contributed by atoms with Gasteiger partial charge in [0.25, 0.3) is 0 Å². The van der Waals surface area contributed by atoms with Gasteiger partial charge in [-0.1, -0.05) is 24.3 Å². The number of rotatable bonds is 3. The third-order valence-corrected chi connectivity index (χ3v) is 6.55. The Labute approximate surface area is 122 Å². The maximum Gasteiger partial charge on any atom is 0.180 e. The Kier molecular flexibility index (Phi) is 3.48. The van der Waals surface area contributed by atoms with Crippen LogP contribution in [0.25, 0.3) is 0 Å². The van der Waals surface area contributed by atoms with Crippen LogP contribution in [-0.2, 0) is 9.84 Å². The molecule has 1 heterocycles. The summed E-state index contributed by atoms with van der Waals surface area (Å²) in [6.45, 7) is 0. The minimum absolute atomic E-state index is 0.0525. The van der Waals surface area contributed by atoms with E-state index in [0.717, 1.165) is 16.2 Å². The summed E-state index contributed by atoms with van der Waals surface area (Å²) in [4.78, 5) is 1.49. The largest absolute Gasteiger partial charge is 0.497 e. The van der Waals surface area contributed by atoms with E-state index in [2.05, 4.69) is 0 Å². The zero-order chi connectivity index (χ0) is 14.2.